The van der Waals surface area contributed by atoms with E-state index >= 15 is 0 Å². The largest absolute Gasteiger partial charge is 1.00 e. The van der Waals surface area contributed by atoms with Crippen molar-refractivity contribution < 1.29 is 56.2 Å². The summed E-state index contributed by atoms with van der Waals surface area (Å²) in [5.41, 5.74) is 5.67. The Hall–Kier alpha value is -0.714. The number of allylic oxidation sites excluding steroid dienone is 5. The molecule has 0 spiro atoms. The number of hydrogen-bond donors (Lipinski definition) is 1. The Labute approximate surface area is 204 Å². The fraction of sp³-hybridized carbons (Fsp3) is 0.304. The zero-order chi connectivity index (χ0) is 20.0. The second-order valence-electron chi connectivity index (χ2n) is 6.73. The fourth-order valence-corrected chi connectivity index (χ4v) is 1.72. The van der Waals surface area contributed by atoms with Gasteiger partial charge in [-0.05, 0) is 6.92 Å². The molecule has 1 aromatic carbocycles. The van der Waals surface area contributed by atoms with E-state index in [2.05, 4.69) is 72.0 Å². The zero-order valence-electron chi connectivity index (χ0n) is 17.8. The Morgan fingerprint density at radius 2 is 1.77 bits per heavy atom. The molecule has 140 valence electrons. The van der Waals surface area contributed by atoms with Crippen LogP contribution in [0.1, 0.15) is 38.8 Å². The minimum atomic E-state index is 0. The SMILES string of the molecule is C=C([CH2-])/C(=C\C=C/C)[CH-]c1cccc(NC)c1C.C=O.[CH2-]C(C)(C)C.[K+]. The number of benzene rings is 1. The molecule has 0 saturated carbocycles. The van der Waals surface area contributed by atoms with Gasteiger partial charge in [0.05, 0.1) is 0 Å². The summed E-state index contributed by atoms with van der Waals surface area (Å²) in [6, 6.07) is 6.22. The standard InChI is InChI=1S/C17H21N.C5H11.CH2O.K/c1-6-7-9-15(13(2)3)12-16-10-8-11-17(18-5)14(16)4;1-5(2,3)4;1-2;/h6-12,18H,2-3H2,1,4-5H3;1H2,2-4H3;1H2;/q-2;-1;;+1/b7-6-,15-9-;;;. The molecule has 0 fully saturated rings. The summed E-state index contributed by atoms with van der Waals surface area (Å²) >= 11 is 0. The van der Waals surface area contributed by atoms with Crippen molar-refractivity contribution >= 4 is 12.5 Å². The molecule has 0 heterocycles. The van der Waals surface area contributed by atoms with Crippen molar-refractivity contribution in [2.24, 2.45) is 5.41 Å². The minimum absolute atomic E-state index is 0. The van der Waals surface area contributed by atoms with Crippen LogP contribution in [0, 0.1) is 32.6 Å². The molecule has 1 N–H and O–H groups in total. The van der Waals surface area contributed by atoms with Gasteiger partial charge in [-0.25, -0.2) is 19.1 Å². The van der Waals surface area contributed by atoms with E-state index < -0.39 is 0 Å². The van der Waals surface area contributed by atoms with Crippen LogP contribution in [0.3, 0.4) is 0 Å². The summed E-state index contributed by atoms with van der Waals surface area (Å²) < 4.78 is 0. The third kappa shape index (κ3) is 15.5. The molecule has 3 heteroatoms. The molecule has 1 aromatic rings. The van der Waals surface area contributed by atoms with Crippen LogP contribution in [0.25, 0.3) is 0 Å². The minimum Gasteiger partial charge on any atom is -0.394 e. The van der Waals surface area contributed by atoms with Gasteiger partial charge in [0, 0.05) is 12.7 Å². The first kappa shape index (κ1) is 30.0. The zero-order valence-corrected chi connectivity index (χ0v) is 20.9. The van der Waals surface area contributed by atoms with E-state index in [-0.39, 0.29) is 56.8 Å². The molecular weight excluding hydrogens is 345 g/mol. The summed E-state index contributed by atoms with van der Waals surface area (Å²) in [6.45, 7) is 23.9. The van der Waals surface area contributed by atoms with E-state index in [4.69, 9.17) is 4.79 Å². The van der Waals surface area contributed by atoms with Gasteiger partial charge in [0.2, 0.25) is 0 Å². The maximum Gasteiger partial charge on any atom is 1.00 e. The Kier molecular flexibility index (Phi) is 19.0. The number of anilines is 1. The van der Waals surface area contributed by atoms with Gasteiger partial charge in [-0.2, -0.15) is 17.9 Å². The second kappa shape index (κ2) is 16.5. The van der Waals surface area contributed by atoms with Gasteiger partial charge in [0.1, 0.15) is 6.79 Å². The van der Waals surface area contributed by atoms with Crippen molar-refractivity contribution in [2.75, 3.05) is 12.4 Å². The molecule has 0 radical (unpaired) electrons. The molecule has 0 aliphatic heterocycles. The number of carbonyl (C=O) groups is 1. The van der Waals surface area contributed by atoms with Crippen LogP contribution in [0.2, 0.25) is 0 Å². The molecule has 1 rings (SSSR count). The van der Waals surface area contributed by atoms with Crippen molar-refractivity contribution in [3.8, 4) is 0 Å². The van der Waals surface area contributed by atoms with E-state index in [1.54, 1.807) is 0 Å². The maximum atomic E-state index is 8.00. The van der Waals surface area contributed by atoms with Crippen LogP contribution in [0.15, 0.2) is 54.2 Å². The quantitative estimate of drug-likeness (QED) is 0.484. The molecule has 2 nitrogen and oxygen atoms in total. The average Bonchev–Trinajstić information content (AvgIpc) is 2.53. The number of hydrogen-bond acceptors (Lipinski definition) is 2. The van der Waals surface area contributed by atoms with Gasteiger partial charge in [-0.1, -0.05) is 51.5 Å². The fourth-order valence-electron chi connectivity index (χ4n) is 1.72. The van der Waals surface area contributed by atoms with E-state index in [0.717, 1.165) is 16.8 Å². The van der Waals surface area contributed by atoms with Crippen molar-refractivity contribution in [3.63, 3.8) is 0 Å². The number of carbonyl (C=O) groups excluding carboxylic acids is 1. The molecule has 0 bridgehead atoms. The predicted molar refractivity (Wildman–Crippen MR) is 113 cm³/mol. The Balaban J connectivity index is -0.000000571. The van der Waals surface area contributed by atoms with Crippen LogP contribution in [0.4, 0.5) is 5.69 Å². The van der Waals surface area contributed by atoms with Crippen molar-refractivity contribution in [1.82, 2.24) is 0 Å². The first-order valence-electron chi connectivity index (χ1n) is 8.20. The average molecular weight is 380 g/mol. The molecular formula is C23H34KNO-2. The molecule has 0 aromatic heterocycles. The van der Waals surface area contributed by atoms with Gasteiger partial charge in [-0.15, -0.1) is 17.7 Å². The van der Waals surface area contributed by atoms with Crippen LogP contribution in [0.5, 0.6) is 0 Å². The van der Waals surface area contributed by atoms with Gasteiger partial charge >= 0.3 is 51.4 Å². The molecule has 0 aliphatic rings. The van der Waals surface area contributed by atoms with Gasteiger partial charge in [0.15, 0.2) is 0 Å². The summed E-state index contributed by atoms with van der Waals surface area (Å²) in [7, 11) is 1.93. The Bertz CT molecular complexity index is 574. The second-order valence-corrected chi connectivity index (χ2v) is 6.73. The Morgan fingerprint density at radius 3 is 2.15 bits per heavy atom. The third-order valence-corrected chi connectivity index (χ3v) is 2.83. The van der Waals surface area contributed by atoms with Gasteiger partial charge in [0.25, 0.3) is 0 Å². The van der Waals surface area contributed by atoms with Crippen LogP contribution >= 0.6 is 0 Å². The molecule has 0 amide bonds. The monoisotopic (exact) mass is 379 g/mol. The molecule has 0 saturated heterocycles. The predicted octanol–water partition coefficient (Wildman–Crippen LogP) is 3.17. The van der Waals surface area contributed by atoms with Crippen molar-refractivity contribution in [3.05, 3.63) is 85.5 Å². The maximum absolute atomic E-state index is 8.00. The van der Waals surface area contributed by atoms with E-state index in [1.807, 2.05) is 45.1 Å². The molecule has 0 unspecified atom stereocenters. The number of rotatable bonds is 5. The van der Waals surface area contributed by atoms with Gasteiger partial charge in [-0.3, -0.25) is 5.57 Å². The third-order valence-electron chi connectivity index (χ3n) is 2.83. The summed E-state index contributed by atoms with van der Waals surface area (Å²) in [5.74, 6) is 0. The van der Waals surface area contributed by atoms with Crippen LogP contribution < -0.4 is 56.7 Å². The van der Waals surface area contributed by atoms with Crippen molar-refractivity contribution in [2.45, 2.75) is 34.6 Å². The number of nitrogens with one attached hydrogen (secondary N) is 1. The van der Waals surface area contributed by atoms with E-state index in [0.29, 0.717) is 0 Å². The van der Waals surface area contributed by atoms with E-state index in [9.17, 15) is 0 Å². The van der Waals surface area contributed by atoms with Gasteiger partial charge < -0.3 is 17.0 Å². The van der Waals surface area contributed by atoms with Crippen LogP contribution in [-0.4, -0.2) is 13.8 Å². The Morgan fingerprint density at radius 1 is 1.27 bits per heavy atom. The molecule has 0 atom stereocenters. The molecule has 0 aliphatic carbocycles. The molecule has 26 heavy (non-hydrogen) atoms. The summed E-state index contributed by atoms with van der Waals surface area (Å²) in [5, 5.41) is 3.19. The summed E-state index contributed by atoms with van der Waals surface area (Å²) in [4.78, 5) is 8.00. The normalized spacial score (nSPS) is 10.5. The first-order valence-corrected chi connectivity index (χ1v) is 8.20. The van der Waals surface area contributed by atoms with Crippen LogP contribution in [-0.2, 0) is 4.79 Å². The summed E-state index contributed by atoms with van der Waals surface area (Å²) in [6.07, 6.45) is 8.14. The smallest absolute Gasteiger partial charge is 0.394 e. The van der Waals surface area contributed by atoms with Crippen molar-refractivity contribution in [1.29, 1.82) is 0 Å². The topological polar surface area (TPSA) is 29.1 Å². The first-order chi connectivity index (χ1) is 11.6. The van der Waals surface area contributed by atoms with E-state index in [1.165, 1.54) is 11.1 Å².